The predicted octanol–water partition coefficient (Wildman–Crippen LogP) is 2.49. The molecule has 0 bridgehead atoms. The van der Waals surface area contributed by atoms with Crippen molar-refractivity contribution in [2.24, 2.45) is 5.92 Å². The molecule has 1 aromatic carbocycles. The minimum Gasteiger partial charge on any atom is -0.488 e. The number of hydrogen-bond acceptors (Lipinski definition) is 4. The van der Waals surface area contributed by atoms with Crippen molar-refractivity contribution in [2.45, 2.75) is 32.8 Å². The van der Waals surface area contributed by atoms with E-state index in [1.807, 2.05) is 20.8 Å². The fourth-order valence-electron chi connectivity index (χ4n) is 2.55. The standard InChI is InChI=1S/C16H26N2O4S/c1-16(2,3)22-15-7-5-14(6-8-15)17-23(19,20)18-10-9-13(11-18)12-21-4/h5-8,13,17H,9-12H2,1-4H3. The summed E-state index contributed by atoms with van der Waals surface area (Å²) in [4.78, 5) is 0. The lowest BCUT2D eigenvalue weighted by atomic mass is 10.1. The monoisotopic (exact) mass is 342 g/mol. The quantitative estimate of drug-likeness (QED) is 0.862. The lowest BCUT2D eigenvalue weighted by Crippen LogP contribution is -2.34. The van der Waals surface area contributed by atoms with Crippen molar-refractivity contribution >= 4 is 15.9 Å². The van der Waals surface area contributed by atoms with Gasteiger partial charge in [-0.15, -0.1) is 0 Å². The van der Waals surface area contributed by atoms with Gasteiger partial charge in [-0.2, -0.15) is 12.7 Å². The largest absolute Gasteiger partial charge is 0.488 e. The van der Waals surface area contributed by atoms with Crippen LogP contribution in [0.15, 0.2) is 24.3 Å². The van der Waals surface area contributed by atoms with Crippen LogP contribution < -0.4 is 9.46 Å². The Balaban J connectivity index is 1.98. The highest BCUT2D eigenvalue weighted by atomic mass is 32.2. The van der Waals surface area contributed by atoms with E-state index < -0.39 is 10.2 Å². The van der Waals surface area contributed by atoms with Crippen molar-refractivity contribution in [2.75, 3.05) is 31.5 Å². The molecule has 0 saturated carbocycles. The smallest absolute Gasteiger partial charge is 0.301 e. The number of rotatable bonds is 6. The first-order chi connectivity index (χ1) is 10.7. The Morgan fingerprint density at radius 3 is 2.48 bits per heavy atom. The van der Waals surface area contributed by atoms with Gasteiger partial charge in [-0.25, -0.2) is 0 Å². The van der Waals surface area contributed by atoms with Gasteiger partial charge in [-0.3, -0.25) is 4.72 Å². The lowest BCUT2D eigenvalue weighted by molar-refractivity contribution is 0.131. The number of methoxy groups -OCH3 is 1. The Kier molecular flexibility index (Phi) is 5.54. The Morgan fingerprint density at radius 1 is 1.26 bits per heavy atom. The molecule has 23 heavy (non-hydrogen) atoms. The first-order valence-corrected chi connectivity index (χ1v) is 9.19. The first-order valence-electron chi connectivity index (χ1n) is 7.75. The average molecular weight is 342 g/mol. The third-order valence-electron chi connectivity index (χ3n) is 3.52. The molecule has 0 amide bonds. The van der Waals surface area contributed by atoms with Crippen LogP contribution in [0.2, 0.25) is 0 Å². The van der Waals surface area contributed by atoms with Crippen LogP contribution in [0.5, 0.6) is 5.75 Å². The second-order valence-corrected chi connectivity index (χ2v) is 8.48. The van der Waals surface area contributed by atoms with Gasteiger partial charge in [0.2, 0.25) is 0 Å². The van der Waals surface area contributed by atoms with E-state index in [0.717, 1.165) is 6.42 Å². The van der Waals surface area contributed by atoms with Gasteiger partial charge < -0.3 is 9.47 Å². The van der Waals surface area contributed by atoms with Crippen LogP contribution >= 0.6 is 0 Å². The van der Waals surface area contributed by atoms with Gasteiger partial charge >= 0.3 is 10.2 Å². The van der Waals surface area contributed by atoms with Gasteiger partial charge in [0.1, 0.15) is 11.4 Å². The highest BCUT2D eigenvalue weighted by molar-refractivity contribution is 7.90. The van der Waals surface area contributed by atoms with E-state index >= 15 is 0 Å². The Hall–Kier alpha value is -1.31. The zero-order valence-electron chi connectivity index (χ0n) is 14.2. The van der Waals surface area contributed by atoms with Crippen molar-refractivity contribution < 1.29 is 17.9 Å². The molecule has 0 aliphatic carbocycles. The maximum atomic E-state index is 12.4. The zero-order chi connectivity index (χ0) is 17.1. The van der Waals surface area contributed by atoms with Crippen molar-refractivity contribution in [3.05, 3.63) is 24.3 Å². The van der Waals surface area contributed by atoms with E-state index in [0.29, 0.717) is 31.1 Å². The second kappa shape index (κ2) is 7.07. The Bertz CT molecular complexity index is 608. The molecule has 7 heteroatoms. The van der Waals surface area contributed by atoms with Crippen LogP contribution in [0.25, 0.3) is 0 Å². The normalized spacial score (nSPS) is 19.7. The number of nitrogens with zero attached hydrogens (tertiary/aromatic N) is 1. The Morgan fingerprint density at radius 2 is 1.91 bits per heavy atom. The van der Waals surface area contributed by atoms with Crippen LogP contribution in [0.3, 0.4) is 0 Å². The number of anilines is 1. The summed E-state index contributed by atoms with van der Waals surface area (Å²) in [6, 6.07) is 6.95. The average Bonchev–Trinajstić information content (AvgIpc) is 2.89. The van der Waals surface area contributed by atoms with E-state index in [1.165, 1.54) is 4.31 Å². The molecule has 1 aliphatic rings. The van der Waals surface area contributed by atoms with Gasteiger partial charge in [-0.05, 0) is 57.4 Å². The molecule has 1 N–H and O–H groups in total. The first kappa shape index (κ1) is 18.0. The van der Waals surface area contributed by atoms with Crippen molar-refractivity contribution in [1.82, 2.24) is 4.31 Å². The zero-order valence-corrected chi connectivity index (χ0v) is 15.0. The maximum Gasteiger partial charge on any atom is 0.301 e. The van der Waals surface area contributed by atoms with E-state index in [-0.39, 0.29) is 11.5 Å². The highest BCUT2D eigenvalue weighted by Gasteiger charge is 2.31. The topological polar surface area (TPSA) is 67.9 Å². The second-order valence-electron chi connectivity index (χ2n) is 6.81. The number of hydrogen-bond donors (Lipinski definition) is 1. The summed E-state index contributed by atoms with van der Waals surface area (Å²) in [5, 5.41) is 0. The van der Waals surface area contributed by atoms with Gasteiger partial charge in [0.15, 0.2) is 0 Å². The molecular weight excluding hydrogens is 316 g/mol. The molecule has 1 fully saturated rings. The van der Waals surface area contributed by atoms with Gasteiger partial charge in [0.05, 0.1) is 12.3 Å². The van der Waals surface area contributed by atoms with Gasteiger partial charge in [0.25, 0.3) is 0 Å². The van der Waals surface area contributed by atoms with E-state index in [4.69, 9.17) is 9.47 Å². The van der Waals surface area contributed by atoms with E-state index in [2.05, 4.69) is 4.72 Å². The molecule has 1 atom stereocenters. The van der Waals surface area contributed by atoms with E-state index in [1.54, 1.807) is 31.4 Å². The van der Waals surface area contributed by atoms with Crippen LogP contribution in [-0.4, -0.2) is 45.1 Å². The summed E-state index contributed by atoms with van der Waals surface area (Å²) in [5.74, 6) is 0.973. The van der Waals surface area contributed by atoms with E-state index in [9.17, 15) is 8.42 Å². The van der Waals surface area contributed by atoms with Crippen LogP contribution in [-0.2, 0) is 14.9 Å². The lowest BCUT2D eigenvalue weighted by Gasteiger charge is -2.22. The SMILES string of the molecule is COCC1CCN(S(=O)(=O)Nc2ccc(OC(C)(C)C)cc2)C1. The summed E-state index contributed by atoms with van der Waals surface area (Å²) >= 11 is 0. The molecule has 130 valence electrons. The van der Waals surface area contributed by atoms with Crippen LogP contribution in [0.1, 0.15) is 27.2 Å². The highest BCUT2D eigenvalue weighted by Crippen LogP contribution is 2.24. The molecule has 2 rings (SSSR count). The maximum absolute atomic E-state index is 12.4. The molecule has 1 saturated heterocycles. The summed E-state index contributed by atoms with van der Waals surface area (Å²) in [7, 11) is -1.89. The number of ether oxygens (including phenoxy) is 2. The number of benzene rings is 1. The molecule has 0 spiro atoms. The molecule has 1 heterocycles. The minimum atomic E-state index is -3.53. The van der Waals surface area contributed by atoms with Crippen molar-refractivity contribution in [3.63, 3.8) is 0 Å². The van der Waals surface area contributed by atoms with Crippen LogP contribution in [0, 0.1) is 5.92 Å². The summed E-state index contributed by atoms with van der Waals surface area (Å²) in [6.07, 6.45) is 0.826. The third kappa shape index (κ3) is 5.37. The summed E-state index contributed by atoms with van der Waals surface area (Å²) in [5.41, 5.74) is 0.244. The van der Waals surface area contributed by atoms with Gasteiger partial charge in [0, 0.05) is 20.2 Å². The predicted molar refractivity (Wildman–Crippen MR) is 90.9 cm³/mol. The summed E-state index contributed by atoms with van der Waals surface area (Å²) in [6.45, 7) is 7.50. The fourth-order valence-corrected chi connectivity index (χ4v) is 3.86. The molecule has 1 unspecified atom stereocenters. The fraction of sp³-hybridized carbons (Fsp3) is 0.625. The molecule has 1 aromatic rings. The summed E-state index contributed by atoms with van der Waals surface area (Å²) < 4.78 is 39.7. The Labute approximate surface area is 139 Å². The molecule has 6 nitrogen and oxygen atoms in total. The molecule has 0 aromatic heterocycles. The van der Waals surface area contributed by atoms with Crippen LogP contribution in [0.4, 0.5) is 5.69 Å². The molecule has 1 aliphatic heterocycles. The molecule has 0 radical (unpaired) electrons. The number of nitrogens with one attached hydrogen (secondary N) is 1. The minimum absolute atomic E-state index is 0.263. The van der Waals surface area contributed by atoms with Crippen molar-refractivity contribution in [1.29, 1.82) is 0 Å². The molecular formula is C16H26N2O4S. The van der Waals surface area contributed by atoms with Crippen molar-refractivity contribution in [3.8, 4) is 5.75 Å². The van der Waals surface area contributed by atoms with Gasteiger partial charge in [-0.1, -0.05) is 0 Å². The third-order valence-corrected chi connectivity index (χ3v) is 5.02.